The van der Waals surface area contributed by atoms with Gasteiger partial charge in [-0.25, -0.2) is 0 Å². The zero-order valence-electron chi connectivity index (χ0n) is 12.3. The predicted molar refractivity (Wildman–Crippen MR) is 90.8 cm³/mol. The maximum atomic E-state index is 3.58. The van der Waals surface area contributed by atoms with Crippen molar-refractivity contribution < 1.29 is 0 Å². The van der Waals surface area contributed by atoms with Crippen molar-refractivity contribution in [2.24, 2.45) is 0 Å². The van der Waals surface area contributed by atoms with Crippen molar-refractivity contribution in [3.8, 4) is 0 Å². The summed E-state index contributed by atoms with van der Waals surface area (Å²) in [5.74, 6) is 1.70. The molecular weight excluding hydrogens is 262 g/mol. The summed E-state index contributed by atoms with van der Waals surface area (Å²) in [6, 6.07) is 19.3. The highest BCUT2D eigenvalue weighted by Gasteiger charge is 2.05. The Bertz CT molecular complexity index is 510. The first-order valence-corrected chi connectivity index (χ1v) is 8.30. The van der Waals surface area contributed by atoms with Crippen LogP contribution in [0, 0.1) is 0 Å². The maximum absolute atomic E-state index is 3.58. The second kappa shape index (κ2) is 8.01. The largest absolute Gasteiger partial charge is 0.384 e. The van der Waals surface area contributed by atoms with Gasteiger partial charge in [0.25, 0.3) is 0 Å². The van der Waals surface area contributed by atoms with E-state index in [4.69, 9.17) is 0 Å². The van der Waals surface area contributed by atoms with Crippen molar-refractivity contribution in [1.82, 2.24) is 0 Å². The highest BCUT2D eigenvalue weighted by atomic mass is 32.2. The molecule has 2 aromatic rings. The van der Waals surface area contributed by atoms with Gasteiger partial charge in [0, 0.05) is 17.1 Å². The third-order valence-electron chi connectivity index (χ3n) is 3.45. The first-order chi connectivity index (χ1) is 9.81. The Morgan fingerprint density at radius 3 is 2.45 bits per heavy atom. The summed E-state index contributed by atoms with van der Waals surface area (Å²) < 4.78 is 0. The Labute approximate surface area is 126 Å². The van der Waals surface area contributed by atoms with Crippen LogP contribution in [0.5, 0.6) is 0 Å². The molecule has 0 saturated carbocycles. The molecule has 0 fully saturated rings. The van der Waals surface area contributed by atoms with E-state index in [1.807, 2.05) is 11.8 Å². The van der Waals surface area contributed by atoms with Gasteiger partial charge in [-0.2, -0.15) is 0 Å². The second-order valence-electron chi connectivity index (χ2n) is 4.96. The lowest BCUT2D eigenvalue weighted by Gasteiger charge is -2.15. The van der Waals surface area contributed by atoms with Crippen LogP contribution in [0.3, 0.4) is 0 Å². The van der Waals surface area contributed by atoms with Gasteiger partial charge >= 0.3 is 0 Å². The van der Waals surface area contributed by atoms with Gasteiger partial charge in [0.05, 0.1) is 0 Å². The lowest BCUT2D eigenvalue weighted by Crippen LogP contribution is -2.06. The fourth-order valence-corrected chi connectivity index (χ4v) is 3.05. The molecule has 2 heteroatoms. The number of thioether (sulfide) groups is 1. The van der Waals surface area contributed by atoms with Crippen LogP contribution in [0.15, 0.2) is 59.5 Å². The minimum Gasteiger partial charge on any atom is -0.384 e. The van der Waals surface area contributed by atoms with Gasteiger partial charge in [-0.3, -0.25) is 0 Å². The number of para-hydroxylation sites is 1. The van der Waals surface area contributed by atoms with E-state index in [1.165, 1.54) is 16.1 Å². The average Bonchev–Trinajstić information content (AvgIpc) is 2.50. The quantitative estimate of drug-likeness (QED) is 0.683. The van der Waals surface area contributed by atoms with Crippen molar-refractivity contribution in [3.63, 3.8) is 0 Å². The molecule has 106 valence electrons. The molecule has 1 unspecified atom stereocenters. The average molecular weight is 285 g/mol. The molecule has 2 rings (SSSR count). The summed E-state index contributed by atoms with van der Waals surface area (Å²) >= 11 is 1.89. The Morgan fingerprint density at radius 2 is 1.70 bits per heavy atom. The topological polar surface area (TPSA) is 12.0 Å². The zero-order chi connectivity index (χ0) is 14.2. The number of benzene rings is 2. The highest BCUT2D eigenvalue weighted by molar-refractivity contribution is 7.99. The number of rotatable bonds is 7. The molecule has 0 spiro atoms. The van der Waals surface area contributed by atoms with Crippen molar-refractivity contribution in [1.29, 1.82) is 0 Å². The van der Waals surface area contributed by atoms with Gasteiger partial charge in [0.15, 0.2) is 0 Å². The molecule has 1 atom stereocenters. The molecular formula is C18H23NS. The second-order valence-corrected chi connectivity index (χ2v) is 6.26. The van der Waals surface area contributed by atoms with Gasteiger partial charge in [-0.1, -0.05) is 56.3 Å². The summed E-state index contributed by atoms with van der Waals surface area (Å²) in [6.45, 7) is 5.50. The fourth-order valence-electron chi connectivity index (χ4n) is 2.27. The standard InChI is InChI=1S/C18H23NS/c1-3-20-18-12-8-7-11-17(18)19-14-13-15(2)16-9-5-4-6-10-16/h4-12,15,19H,3,13-14H2,1-2H3. The van der Waals surface area contributed by atoms with Gasteiger partial charge < -0.3 is 5.32 Å². The summed E-state index contributed by atoms with van der Waals surface area (Å²) in [5, 5.41) is 3.58. The van der Waals surface area contributed by atoms with E-state index in [-0.39, 0.29) is 0 Å². The molecule has 0 saturated heterocycles. The molecule has 0 radical (unpaired) electrons. The van der Waals surface area contributed by atoms with Crippen molar-refractivity contribution in [3.05, 3.63) is 60.2 Å². The van der Waals surface area contributed by atoms with Crippen molar-refractivity contribution >= 4 is 17.4 Å². The molecule has 0 aliphatic carbocycles. The van der Waals surface area contributed by atoms with Crippen molar-refractivity contribution in [2.45, 2.75) is 31.1 Å². The minimum atomic E-state index is 0.592. The molecule has 0 aliphatic heterocycles. The van der Waals surface area contributed by atoms with Gasteiger partial charge in [0.1, 0.15) is 0 Å². The Kier molecular flexibility index (Phi) is 6.00. The lowest BCUT2D eigenvalue weighted by atomic mass is 9.98. The summed E-state index contributed by atoms with van der Waals surface area (Å²) in [4.78, 5) is 1.35. The maximum Gasteiger partial charge on any atom is 0.0478 e. The summed E-state index contributed by atoms with van der Waals surface area (Å²) in [5.41, 5.74) is 2.69. The predicted octanol–water partition coefficient (Wildman–Crippen LogP) is 5.40. The van der Waals surface area contributed by atoms with Gasteiger partial charge in [-0.05, 0) is 35.8 Å². The monoisotopic (exact) mass is 285 g/mol. The third-order valence-corrected chi connectivity index (χ3v) is 4.40. The number of anilines is 1. The van der Waals surface area contributed by atoms with E-state index in [0.717, 1.165) is 18.7 Å². The lowest BCUT2D eigenvalue weighted by molar-refractivity contribution is 0.705. The van der Waals surface area contributed by atoms with Crippen LogP contribution < -0.4 is 5.32 Å². The molecule has 0 bridgehead atoms. The van der Waals surface area contributed by atoms with Gasteiger partial charge in [0.2, 0.25) is 0 Å². The SMILES string of the molecule is CCSc1ccccc1NCCC(C)c1ccccc1. The molecule has 20 heavy (non-hydrogen) atoms. The minimum absolute atomic E-state index is 0.592. The normalized spacial score (nSPS) is 12.1. The van der Waals surface area contributed by atoms with Gasteiger partial charge in [-0.15, -0.1) is 11.8 Å². The zero-order valence-corrected chi connectivity index (χ0v) is 13.1. The van der Waals surface area contributed by atoms with Crippen LogP contribution in [0.4, 0.5) is 5.69 Å². The van der Waals surface area contributed by atoms with E-state index in [0.29, 0.717) is 5.92 Å². The molecule has 0 amide bonds. The molecule has 1 nitrogen and oxygen atoms in total. The Hall–Kier alpha value is -1.41. The van der Waals surface area contributed by atoms with Crippen LogP contribution in [-0.2, 0) is 0 Å². The van der Waals surface area contributed by atoms with Crippen LogP contribution in [0.1, 0.15) is 31.7 Å². The smallest absolute Gasteiger partial charge is 0.0478 e. The molecule has 0 aliphatic rings. The highest BCUT2D eigenvalue weighted by Crippen LogP contribution is 2.27. The van der Waals surface area contributed by atoms with Crippen LogP contribution in [0.25, 0.3) is 0 Å². The number of nitrogens with one attached hydrogen (secondary N) is 1. The van der Waals surface area contributed by atoms with Crippen LogP contribution >= 0.6 is 11.8 Å². The van der Waals surface area contributed by atoms with E-state index in [9.17, 15) is 0 Å². The van der Waals surface area contributed by atoms with E-state index in [1.54, 1.807) is 0 Å². The Morgan fingerprint density at radius 1 is 1.00 bits per heavy atom. The number of hydrogen-bond acceptors (Lipinski definition) is 2. The molecule has 0 heterocycles. The third kappa shape index (κ3) is 4.31. The van der Waals surface area contributed by atoms with Crippen LogP contribution in [0.2, 0.25) is 0 Å². The van der Waals surface area contributed by atoms with Crippen LogP contribution in [-0.4, -0.2) is 12.3 Å². The van der Waals surface area contributed by atoms with E-state index in [2.05, 4.69) is 73.8 Å². The first kappa shape index (κ1) is 15.0. The molecule has 0 aromatic heterocycles. The summed E-state index contributed by atoms with van der Waals surface area (Å²) in [7, 11) is 0. The van der Waals surface area contributed by atoms with E-state index < -0.39 is 0 Å². The fraction of sp³-hybridized carbons (Fsp3) is 0.333. The Balaban J connectivity index is 1.87. The van der Waals surface area contributed by atoms with Crippen molar-refractivity contribution in [2.75, 3.05) is 17.6 Å². The van der Waals surface area contributed by atoms with E-state index >= 15 is 0 Å². The molecule has 1 N–H and O–H groups in total. The molecule has 2 aromatic carbocycles. The number of hydrogen-bond donors (Lipinski definition) is 1. The summed E-state index contributed by atoms with van der Waals surface area (Å²) in [6.07, 6.45) is 1.15. The first-order valence-electron chi connectivity index (χ1n) is 7.32.